The van der Waals surface area contributed by atoms with Crippen molar-refractivity contribution in [1.29, 1.82) is 5.26 Å². The standard InChI is InChI=1S/C20H16ClN5O2/c1-12-6-17(18(28-2)8-16(12)21)26-19(27)14-10-23-20(24-11-14)25-15-5-3-4-13(7-15)9-22/h3-8,10-11H,1-2H3,(H,26,27)(H,23,24,25). The number of nitrogens with zero attached hydrogens (tertiary/aromatic N) is 3. The van der Waals surface area contributed by atoms with Gasteiger partial charge in [-0.25, -0.2) is 9.97 Å². The van der Waals surface area contributed by atoms with Gasteiger partial charge in [0.1, 0.15) is 5.75 Å². The zero-order valence-electron chi connectivity index (χ0n) is 15.2. The van der Waals surface area contributed by atoms with Crippen LogP contribution in [0.4, 0.5) is 17.3 Å². The maximum atomic E-state index is 12.5. The number of nitriles is 1. The monoisotopic (exact) mass is 393 g/mol. The van der Waals surface area contributed by atoms with Crippen molar-refractivity contribution in [1.82, 2.24) is 9.97 Å². The second kappa shape index (κ2) is 8.37. The predicted molar refractivity (Wildman–Crippen MR) is 107 cm³/mol. The molecule has 0 aliphatic heterocycles. The number of nitrogens with one attached hydrogen (secondary N) is 2. The summed E-state index contributed by atoms with van der Waals surface area (Å²) in [6.45, 7) is 1.84. The molecule has 1 heterocycles. The number of aryl methyl sites for hydroxylation is 1. The van der Waals surface area contributed by atoms with E-state index in [-0.39, 0.29) is 11.5 Å². The van der Waals surface area contributed by atoms with Gasteiger partial charge in [-0.1, -0.05) is 17.7 Å². The number of rotatable bonds is 5. The Morgan fingerprint density at radius 1 is 1.21 bits per heavy atom. The quantitative estimate of drug-likeness (QED) is 0.669. The molecule has 28 heavy (non-hydrogen) atoms. The summed E-state index contributed by atoms with van der Waals surface area (Å²) in [5.74, 6) is 0.394. The average molecular weight is 394 g/mol. The predicted octanol–water partition coefficient (Wildman–Crippen LogP) is 4.31. The van der Waals surface area contributed by atoms with E-state index in [4.69, 9.17) is 21.6 Å². The van der Waals surface area contributed by atoms with Gasteiger partial charge in [-0.2, -0.15) is 5.26 Å². The molecule has 0 bridgehead atoms. The van der Waals surface area contributed by atoms with Crippen LogP contribution in [0.5, 0.6) is 5.75 Å². The van der Waals surface area contributed by atoms with Crippen LogP contribution in [0.15, 0.2) is 48.8 Å². The first-order valence-corrected chi connectivity index (χ1v) is 8.62. The van der Waals surface area contributed by atoms with Crippen LogP contribution in [0, 0.1) is 18.3 Å². The third-order valence-corrected chi connectivity index (χ3v) is 4.30. The zero-order chi connectivity index (χ0) is 20.1. The highest BCUT2D eigenvalue weighted by atomic mass is 35.5. The molecule has 0 radical (unpaired) electrons. The van der Waals surface area contributed by atoms with Gasteiger partial charge in [0.2, 0.25) is 5.95 Å². The third kappa shape index (κ3) is 4.37. The Bertz CT molecular complexity index is 1060. The molecule has 0 unspecified atom stereocenters. The number of ether oxygens (including phenoxy) is 1. The van der Waals surface area contributed by atoms with Gasteiger partial charge in [-0.05, 0) is 36.8 Å². The van der Waals surface area contributed by atoms with Gasteiger partial charge in [-0.3, -0.25) is 4.79 Å². The molecule has 3 rings (SSSR count). The fourth-order valence-electron chi connectivity index (χ4n) is 2.43. The summed E-state index contributed by atoms with van der Waals surface area (Å²) in [6, 6.07) is 12.4. The normalized spacial score (nSPS) is 10.1. The van der Waals surface area contributed by atoms with E-state index in [1.165, 1.54) is 19.5 Å². The molecule has 0 aliphatic carbocycles. The molecule has 0 saturated heterocycles. The molecule has 7 nitrogen and oxygen atoms in total. The lowest BCUT2D eigenvalue weighted by atomic mass is 10.2. The number of halogens is 1. The van der Waals surface area contributed by atoms with E-state index in [1.54, 1.807) is 36.4 Å². The van der Waals surface area contributed by atoms with Crippen LogP contribution < -0.4 is 15.4 Å². The number of hydrogen-bond donors (Lipinski definition) is 2. The van der Waals surface area contributed by atoms with Crippen molar-refractivity contribution in [3.8, 4) is 11.8 Å². The summed E-state index contributed by atoms with van der Waals surface area (Å²) in [5, 5.41) is 15.3. The molecule has 1 amide bonds. The lowest BCUT2D eigenvalue weighted by molar-refractivity contribution is 0.102. The summed E-state index contributed by atoms with van der Waals surface area (Å²) >= 11 is 6.08. The largest absolute Gasteiger partial charge is 0.495 e. The van der Waals surface area contributed by atoms with E-state index < -0.39 is 0 Å². The van der Waals surface area contributed by atoms with Crippen LogP contribution >= 0.6 is 11.6 Å². The minimum Gasteiger partial charge on any atom is -0.495 e. The van der Waals surface area contributed by atoms with Crippen LogP contribution in [-0.4, -0.2) is 23.0 Å². The highest BCUT2D eigenvalue weighted by Gasteiger charge is 2.13. The molecule has 0 aliphatic rings. The summed E-state index contributed by atoms with van der Waals surface area (Å²) in [7, 11) is 1.50. The minimum atomic E-state index is -0.377. The van der Waals surface area contributed by atoms with Gasteiger partial charge in [0.15, 0.2) is 0 Å². The topological polar surface area (TPSA) is 99.9 Å². The van der Waals surface area contributed by atoms with Gasteiger partial charge >= 0.3 is 0 Å². The molecular weight excluding hydrogens is 378 g/mol. The van der Waals surface area contributed by atoms with Crippen LogP contribution in [0.25, 0.3) is 0 Å². The van der Waals surface area contributed by atoms with Crippen molar-refractivity contribution in [3.63, 3.8) is 0 Å². The van der Waals surface area contributed by atoms with Gasteiger partial charge in [-0.15, -0.1) is 0 Å². The first-order chi connectivity index (χ1) is 13.5. The molecule has 0 saturated carbocycles. The summed E-state index contributed by atoms with van der Waals surface area (Å²) in [5.41, 5.74) is 2.80. The van der Waals surface area contributed by atoms with E-state index in [2.05, 4.69) is 26.7 Å². The van der Waals surface area contributed by atoms with E-state index >= 15 is 0 Å². The molecule has 3 aromatic rings. The second-order valence-corrected chi connectivity index (χ2v) is 6.28. The maximum Gasteiger partial charge on any atom is 0.258 e. The molecule has 0 atom stereocenters. The van der Waals surface area contributed by atoms with Gasteiger partial charge in [0.05, 0.1) is 30.0 Å². The van der Waals surface area contributed by atoms with E-state index in [0.29, 0.717) is 33.7 Å². The summed E-state index contributed by atoms with van der Waals surface area (Å²) in [6.07, 6.45) is 2.82. The lowest BCUT2D eigenvalue weighted by Gasteiger charge is -2.12. The van der Waals surface area contributed by atoms with Gasteiger partial charge < -0.3 is 15.4 Å². The van der Waals surface area contributed by atoms with Crippen molar-refractivity contribution in [3.05, 3.63) is 70.5 Å². The second-order valence-electron chi connectivity index (χ2n) is 5.87. The highest BCUT2D eigenvalue weighted by molar-refractivity contribution is 6.31. The smallest absolute Gasteiger partial charge is 0.258 e. The number of aromatic nitrogens is 2. The summed E-state index contributed by atoms with van der Waals surface area (Å²) in [4.78, 5) is 20.8. The Labute approximate surface area is 167 Å². The van der Waals surface area contributed by atoms with Crippen molar-refractivity contribution >= 4 is 34.8 Å². The van der Waals surface area contributed by atoms with Gasteiger partial charge in [0, 0.05) is 29.2 Å². The van der Waals surface area contributed by atoms with Crippen LogP contribution in [0.1, 0.15) is 21.5 Å². The minimum absolute atomic E-state index is 0.283. The zero-order valence-corrected chi connectivity index (χ0v) is 15.9. The molecule has 8 heteroatoms. The first kappa shape index (κ1) is 19.1. The Hall–Kier alpha value is -3.63. The molecular formula is C20H16ClN5O2. The summed E-state index contributed by atoms with van der Waals surface area (Å²) < 4.78 is 5.26. The number of anilines is 3. The first-order valence-electron chi connectivity index (χ1n) is 8.25. The molecule has 0 fully saturated rings. The number of amides is 1. The van der Waals surface area contributed by atoms with Crippen molar-refractivity contribution in [2.45, 2.75) is 6.92 Å². The molecule has 2 aromatic carbocycles. The SMILES string of the molecule is COc1cc(Cl)c(C)cc1NC(=O)c1cnc(Nc2cccc(C#N)c2)nc1. The third-order valence-electron chi connectivity index (χ3n) is 3.89. The van der Waals surface area contributed by atoms with Crippen molar-refractivity contribution in [2.75, 3.05) is 17.7 Å². The highest BCUT2D eigenvalue weighted by Crippen LogP contribution is 2.31. The number of benzene rings is 2. The Morgan fingerprint density at radius 3 is 2.64 bits per heavy atom. The van der Waals surface area contributed by atoms with Crippen molar-refractivity contribution < 1.29 is 9.53 Å². The van der Waals surface area contributed by atoms with Crippen molar-refractivity contribution in [2.24, 2.45) is 0 Å². The Kier molecular flexibility index (Phi) is 5.72. The van der Waals surface area contributed by atoms with Crippen LogP contribution in [0.3, 0.4) is 0 Å². The van der Waals surface area contributed by atoms with Crippen LogP contribution in [-0.2, 0) is 0 Å². The fourth-order valence-corrected chi connectivity index (χ4v) is 2.58. The number of carbonyl (C=O) groups is 1. The fraction of sp³-hybridized carbons (Fsp3) is 0.100. The van der Waals surface area contributed by atoms with E-state index in [1.807, 2.05) is 6.92 Å². The maximum absolute atomic E-state index is 12.5. The molecule has 0 spiro atoms. The van der Waals surface area contributed by atoms with E-state index in [0.717, 1.165) is 5.56 Å². The van der Waals surface area contributed by atoms with E-state index in [9.17, 15) is 4.79 Å². The Balaban J connectivity index is 1.74. The van der Waals surface area contributed by atoms with Gasteiger partial charge in [0.25, 0.3) is 5.91 Å². The number of methoxy groups -OCH3 is 1. The average Bonchev–Trinajstić information content (AvgIpc) is 2.71. The molecule has 2 N–H and O–H groups in total. The number of carbonyl (C=O) groups excluding carboxylic acids is 1. The molecule has 1 aromatic heterocycles. The Morgan fingerprint density at radius 2 is 1.96 bits per heavy atom. The molecule has 140 valence electrons. The van der Waals surface area contributed by atoms with Crippen LogP contribution in [0.2, 0.25) is 5.02 Å². The number of hydrogen-bond acceptors (Lipinski definition) is 6. The lowest BCUT2D eigenvalue weighted by Crippen LogP contribution is -2.14.